The maximum absolute atomic E-state index is 2.18. The predicted octanol–water partition coefficient (Wildman–Crippen LogP) is 4.91. The van der Waals surface area contributed by atoms with Gasteiger partial charge in [-0.2, -0.15) is 0 Å². The highest BCUT2D eigenvalue weighted by Gasteiger charge is 1.56. The molecule has 0 saturated heterocycles. The molecular formula is C10H28. The van der Waals surface area contributed by atoms with Gasteiger partial charge in [0.05, 0.1) is 0 Å². The Bertz CT molecular complexity index is 34.1. The van der Waals surface area contributed by atoms with Crippen molar-refractivity contribution in [2.24, 2.45) is 0 Å². The third kappa shape index (κ3) is 116. The molecule has 0 saturated carbocycles. The Morgan fingerprint density at radius 1 is 0.900 bits per heavy atom. The van der Waals surface area contributed by atoms with Crippen LogP contribution in [0.5, 0.6) is 0 Å². The molecule has 0 nitrogen and oxygen atoms in total. The molecule has 0 heteroatoms. The molecule has 0 unspecified atom stereocenters. The second kappa shape index (κ2) is 37.4. The number of rotatable bonds is 1. The smallest absolute Gasteiger partial charge is 0 e. The zero-order valence-electron chi connectivity index (χ0n) is 6.57. The van der Waals surface area contributed by atoms with E-state index in [9.17, 15) is 0 Å². The van der Waals surface area contributed by atoms with Crippen LogP contribution in [0.1, 0.15) is 56.8 Å². The van der Waals surface area contributed by atoms with Crippen molar-refractivity contribution >= 4 is 0 Å². The Labute approximate surface area is 69.8 Å². The minimum Gasteiger partial charge on any atom is -0.0919 e. The Hall–Kier alpha value is -0.260. The number of hydrogen-bond acceptors (Lipinski definition) is 0. The predicted molar refractivity (Wildman–Crippen MR) is 56.6 cm³/mol. The lowest BCUT2D eigenvalue weighted by Crippen LogP contribution is -1.47. The van der Waals surface area contributed by atoms with Gasteiger partial charge < -0.3 is 0 Å². The highest BCUT2D eigenvalue weighted by Crippen LogP contribution is 1.76. The van der Waals surface area contributed by atoms with Gasteiger partial charge in [-0.25, -0.2) is 0 Å². The van der Waals surface area contributed by atoms with Gasteiger partial charge in [0, 0.05) is 1.43 Å². The van der Waals surface area contributed by atoms with Gasteiger partial charge in [0.25, 0.3) is 0 Å². The van der Waals surface area contributed by atoms with Crippen molar-refractivity contribution in [3.63, 3.8) is 0 Å². The molecule has 68 valence electrons. The molecule has 0 N–H and O–H groups in total. The minimum absolute atomic E-state index is 0. The molecule has 0 aliphatic heterocycles. The van der Waals surface area contributed by atoms with Crippen molar-refractivity contribution in [2.45, 2.75) is 55.4 Å². The highest BCUT2D eigenvalue weighted by atomic mass is 13.6. The number of unbranched alkanes of at least 4 members (excludes halogenated alkanes) is 1. The van der Waals surface area contributed by atoms with Crippen LogP contribution < -0.4 is 0 Å². The van der Waals surface area contributed by atoms with Gasteiger partial charge in [0.15, 0.2) is 0 Å². The zero-order chi connectivity index (χ0) is 6.83. The van der Waals surface area contributed by atoms with E-state index in [1.165, 1.54) is 12.8 Å². The van der Waals surface area contributed by atoms with Crippen LogP contribution in [-0.4, -0.2) is 0 Å². The Balaban J connectivity index is -0.0000000171. The molecule has 0 aliphatic carbocycles. The molecule has 0 spiro atoms. The first kappa shape index (κ1) is 22.6. The molecule has 0 fully saturated rings. The Kier molecular flexibility index (Phi) is 84.5. The van der Waals surface area contributed by atoms with Crippen LogP contribution in [0.25, 0.3) is 0 Å². The molecule has 0 aromatic carbocycles. The molecule has 10 heavy (non-hydrogen) atoms. The summed E-state index contributed by atoms with van der Waals surface area (Å²) in [6.45, 7) is 8.36. The van der Waals surface area contributed by atoms with Gasteiger partial charge in [-0.3, -0.25) is 0 Å². The first-order valence-electron chi connectivity index (χ1n) is 3.40. The largest absolute Gasteiger partial charge is 0.0919 e. The number of allylic oxidation sites excluding steroid dienone is 2. The lowest BCUT2D eigenvalue weighted by molar-refractivity contribution is 0.886. The SMILES string of the molecule is C.C.CC=CC.CCCC.[HH]. The van der Waals surface area contributed by atoms with E-state index in [0.29, 0.717) is 0 Å². The number of hydrogen-bond donors (Lipinski definition) is 0. The summed E-state index contributed by atoms with van der Waals surface area (Å²) in [5, 5.41) is 0. The minimum atomic E-state index is 0. The van der Waals surface area contributed by atoms with E-state index >= 15 is 0 Å². The van der Waals surface area contributed by atoms with Crippen molar-refractivity contribution in [3.8, 4) is 0 Å². The molecule has 0 aliphatic rings. The average molecular weight is 148 g/mol. The molecule has 0 aromatic heterocycles. The fourth-order valence-electron chi connectivity index (χ4n) is 0. The second-order valence-electron chi connectivity index (χ2n) is 1.67. The van der Waals surface area contributed by atoms with Crippen LogP contribution in [0.4, 0.5) is 0 Å². The monoisotopic (exact) mass is 148 g/mol. The third-order valence-corrected chi connectivity index (χ3v) is 0.833. The summed E-state index contributed by atoms with van der Waals surface area (Å²) >= 11 is 0. The summed E-state index contributed by atoms with van der Waals surface area (Å²) < 4.78 is 0. The molecule has 0 heterocycles. The van der Waals surface area contributed by atoms with Gasteiger partial charge in [0.2, 0.25) is 0 Å². The summed E-state index contributed by atoms with van der Waals surface area (Å²) in [7, 11) is 0. The van der Waals surface area contributed by atoms with Gasteiger partial charge in [-0.15, -0.1) is 0 Å². The van der Waals surface area contributed by atoms with E-state index in [1.807, 2.05) is 26.0 Å². The third-order valence-electron chi connectivity index (χ3n) is 0.833. The highest BCUT2D eigenvalue weighted by molar-refractivity contribution is 4.68. The lowest BCUT2D eigenvalue weighted by Gasteiger charge is -1.68. The standard InChI is InChI=1S/C4H10.C4H8.2CH4.H2/c2*1-3-4-2;;;/h3-4H2,1-2H3;3-4H,1-2H3;2*1H4;1H. The van der Waals surface area contributed by atoms with E-state index < -0.39 is 0 Å². The first-order valence-corrected chi connectivity index (χ1v) is 3.40. The van der Waals surface area contributed by atoms with Crippen molar-refractivity contribution < 1.29 is 1.43 Å². The van der Waals surface area contributed by atoms with Gasteiger partial charge in [-0.1, -0.05) is 53.7 Å². The summed E-state index contributed by atoms with van der Waals surface area (Å²) in [6.07, 6.45) is 6.64. The van der Waals surface area contributed by atoms with Crippen molar-refractivity contribution in [2.75, 3.05) is 0 Å². The maximum atomic E-state index is 2.18. The molecule has 0 amide bonds. The molecule has 0 aromatic rings. The van der Waals surface area contributed by atoms with Crippen LogP contribution in [0.2, 0.25) is 0 Å². The Morgan fingerprint density at radius 2 is 1.10 bits per heavy atom. The zero-order valence-corrected chi connectivity index (χ0v) is 6.57. The van der Waals surface area contributed by atoms with Gasteiger partial charge in [0.1, 0.15) is 0 Å². The van der Waals surface area contributed by atoms with Crippen LogP contribution >= 0.6 is 0 Å². The van der Waals surface area contributed by atoms with E-state index in [4.69, 9.17) is 0 Å². The second-order valence-corrected chi connectivity index (χ2v) is 1.67. The van der Waals surface area contributed by atoms with Gasteiger partial charge >= 0.3 is 0 Å². The molecule has 0 bridgehead atoms. The summed E-state index contributed by atoms with van der Waals surface area (Å²) in [6, 6.07) is 0. The quantitative estimate of drug-likeness (QED) is 0.464. The normalized spacial score (nSPS) is 6.80. The summed E-state index contributed by atoms with van der Waals surface area (Å²) in [4.78, 5) is 0. The van der Waals surface area contributed by atoms with Crippen LogP contribution in [0.15, 0.2) is 12.2 Å². The van der Waals surface area contributed by atoms with Crippen molar-refractivity contribution in [1.29, 1.82) is 0 Å². The molecule has 0 atom stereocenters. The van der Waals surface area contributed by atoms with Crippen molar-refractivity contribution in [3.05, 3.63) is 12.2 Å². The lowest BCUT2D eigenvalue weighted by atomic mass is 10.4. The fraction of sp³-hybridized carbons (Fsp3) is 0.800. The maximum Gasteiger partial charge on any atom is 0 e. The van der Waals surface area contributed by atoms with E-state index in [0.717, 1.165) is 0 Å². The van der Waals surface area contributed by atoms with E-state index in [2.05, 4.69) is 13.8 Å². The molecule has 0 rings (SSSR count). The Morgan fingerprint density at radius 3 is 1.10 bits per heavy atom. The summed E-state index contributed by atoms with van der Waals surface area (Å²) in [5.41, 5.74) is 0. The average Bonchev–Trinajstić information content (AvgIpc) is 1.88. The molecule has 0 radical (unpaired) electrons. The first-order chi connectivity index (χ1) is 3.83. The van der Waals surface area contributed by atoms with Crippen LogP contribution in [0, 0.1) is 0 Å². The topological polar surface area (TPSA) is 0 Å². The van der Waals surface area contributed by atoms with Crippen LogP contribution in [-0.2, 0) is 0 Å². The fourth-order valence-corrected chi connectivity index (χ4v) is 0. The van der Waals surface area contributed by atoms with E-state index in [-0.39, 0.29) is 16.3 Å². The summed E-state index contributed by atoms with van der Waals surface area (Å²) in [5.74, 6) is 0. The molecular weight excluding hydrogens is 120 g/mol. The van der Waals surface area contributed by atoms with Gasteiger partial charge in [-0.05, 0) is 13.8 Å². The van der Waals surface area contributed by atoms with E-state index in [1.54, 1.807) is 0 Å². The van der Waals surface area contributed by atoms with Crippen LogP contribution in [0.3, 0.4) is 0 Å². The van der Waals surface area contributed by atoms with Crippen molar-refractivity contribution in [1.82, 2.24) is 0 Å².